The van der Waals surface area contributed by atoms with Gasteiger partial charge in [0.05, 0.1) is 37.3 Å². The van der Waals surface area contributed by atoms with Crippen molar-refractivity contribution >= 4 is 22.9 Å². The van der Waals surface area contributed by atoms with Gasteiger partial charge in [-0.25, -0.2) is 4.98 Å². The first-order valence-corrected chi connectivity index (χ1v) is 15.0. The van der Waals surface area contributed by atoms with Crippen molar-refractivity contribution in [3.63, 3.8) is 0 Å². The highest BCUT2D eigenvalue weighted by Crippen LogP contribution is 2.40. The van der Waals surface area contributed by atoms with Gasteiger partial charge in [-0.05, 0) is 56.1 Å². The van der Waals surface area contributed by atoms with Crippen LogP contribution in [0, 0.1) is 0 Å². The quantitative estimate of drug-likeness (QED) is 0.165. The fraction of sp³-hybridized carbons (Fsp3) is 0.533. The van der Waals surface area contributed by atoms with Crippen LogP contribution in [0.15, 0.2) is 49.1 Å². The van der Waals surface area contributed by atoms with Crippen molar-refractivity contribution in [2.75, 3.05) is 17.2 Å². The third-order valence-electron chi connectivity index (χ3n) is 8.79. The van der Waals surface area contributed by atoms with E-state index in [1.165, 1.54) is 0 Å². The third kappa shape index (κ3) is 5.84. The predicted octanol–water partition coefficient (Wildman–Crippen LogP) is 2.19. The number of aromatic nitrogens is 6. The molecule has 12 heteroatoms. The number of rotatable bonds is 10. The highest BCUT2D eigenvalue weighted by molar-refractivity contribution is 5.84. The van der Waals surface area contributed by atoms with Gasteiger partial charge < -0.3 is 36.3 Å². The Balaban J connectivity index is 1.33. The van der Waals surface area contributed by atoms with Gasteiger partial charge in [0.15, 0.2) is 17.0 Å². The minimum atomic E-state index is -1.03. The number of fused-ring (bicyclic) bond motifs is 1. The molecule has 7 N–H and O–H groups in total. The van der Waals surface area contributed by atoms with Crippen molar-refractivity contribution in [1.82, 2.24) is 29.3 Å². The van der Waals surface area contributed by atoms with Crippen molar-refractivity contribution in [2.24, 2.45) is 5.73 Å². The number of hydrogen-bond donors (Lipinski definition) is 6. The Hall–Kier alpha value is -3.58. The van der Waals surface area contributed by atoms with E-state index in [1.54, 1.807) is 17.2 Å². The fourth-order valence-electron chi connectivity index (χ4n) is 6.29. The van der Waals surface area contributed by atoms with Crippen molar-refractivity contribution in [1.29, 1.82) is 0 Å². The van der Waals surface area contributed by atoms with Gasteiger partial charge in [0.1, 0.15) is 12.2 Å². The molecule has 0 aliphatic heterocycles. The second-order valence-electron chi connectivity index (χ2n) is 11.7. The van der Waals surface area contributed by atoms with E-state index in [0.29, 0.717) is 35.8 Å². The summed E-state index contributed by atoms with van der Waals surface area (Å²) in [7, 11) is 0. The second kappa shape index (κ2) is 12.3. The van der Waals surface area contributed by atoms with E-state index in [-0.39, 0.29) is 30.8 Å². The van der Waals surface area contributed by atoms with Crippen molar-refractivity contribution in [2.45, 2.75) is 94.3 Å². The molecule has 1 aromatic carbocycles. The SMILES string of the molecule is CCc1cnn([C@H]2C[C@@H](n3cnc4c(N[C@H](CO)Cc5ccccc5)nc(NC5CCC(N)CC5)nc43)[C@H](O)[C@@H]2O)c1. The zero-order valence-electron chi connectivity index (χ0n) is 23.9. The molecule has 4 aromatic rings. The lowest BCUT2D eigenvalue weighted by Gasteiger charge is -2.27. The molecule has 6 rings (SSSR count). The molecule has 0 bridgehead atoms. The van der Waals surface area contributed by atoms with Crippen LogP contribution < -0.4 is 16.4 Å². The van der Waals surface area contributed by atoms with E-state index < -0.39 is 18.2 Å². The highest BCUT2D eigenvalue weighted by Gasteiger charge is 2.44. The topological polar surface area (TPSA) is 172 Å². The normalized spacial score (nSPS) is 26.9. The Labute approximate surface area is 245 Å². The number of nitrogens with two attached hydrogens (primary N) is 1. The molecule has 2 saturated carbocycles. The number of imidazole rings is 1. The second-order valence-corrected chi connectivity index (χ2v) is 11.7. The summed E-state index contributed by atoms with van der Waals surface area (Å²) in [6.45, 7) is 1.96. The summed E-state index contributed by atoms with van der Waals surface area (Å²) in [5.74, 6) is 0.959. The number of benzene rings is 1. The minimum absolute atomic E-state index is 0.0940. The van der Waals surface area contributed by atoms with Gasteiger partial charge in [-0.1, -0.05) is 37.3 Å². The standard InChI is InChI=1S/C30H41N9O3/c1-2-18-14-33-39(15-18)24-13-23(26(41)27(24)42)38-17-32-25-28(34-22(16-40)12-19-6-4-3-5-7-19)36-30(37-29(25)38)35-21-10-8-20(31)9-11-21/h3-7,14-15,17,20-24,26-27,40-42H,2,8-13,16,31H2,1H3,(H2,34,35,36,37)/t20?,21?,22-,23+,24-,26-,27+/m0/s1. The fourth-order valence-corrected chi connectivity index (χ4v) is 6.29. The van der Waals surface area contributed by atoms with E-state index in [9.17, 15) is 15.3 Å². The zero-order chi connectivity index (χ0) is 29.2. The van der Waals surface area contributed by atoms with Gasteiger partial charge in [0.25, 0.3) is 0 Å². The van der Waals surface area contributed by atoms with Gasteiger partial charge in [0, 0.05) is 18.3 Å². The van der Waals surface area contributed by atoms with Gasteiger partial charge in [-0.3, -0.25) is 4.68 Å². The van der Waals surface area contributed by atoms with Gasteiger partial charge in [-0.15, -0.1) is 0 Å². The molecule has 2 fully saturated rings. The molecule has 12 nitrogen and oxygen atoms in total. The average Bonchev–Trinajstić information content (AvgIpc) is 3.72. The summed E-state index contributed by atoms with van der Waals surface area (Å²) < 4.78 is 3.59. The van der Waals surface area contributed by atoms with E-state index in [1.807, 2.05) is 41.1 Å². The van der Waals surface area contributed by atoms with Crippen LogP contribution in [0.25, 0.3) is 11.2 Å². The van der Waals surface area contributed by atoms with Crippen LogP contribution >= 0.6 is 0 Å². The maximum atomic E-state index is 11.2. The zero-order valence-corrected chi connectivity index (χ0v) is 23.9. The molecule has 3 heterocycles. The molecule has 3 aromatic heterocycles. The number of aliphatic hydroxyl groups excluding tert-OH is 3. The highest BCUT2D eigenvalue weighted by atomic mass is 16.3. The molecular weight excluding hydrogens is 534 g/mol. The molecule has 0 unspecified atom stereocenters. The first kappa shape index (κ1) is 28.5. The number of nitrogens with zero attached hydrogens (tertiary/aromatic N) is 6. The van der Waals surface area contributed by atoms with Crippen LogP contribution in [-0.2, 0) is 12.8 Å². The van der Waals surface area contributed by atoms with Crippen LogP contribution in [0.4, 0.5) is 11.8 Å². The molecule has 2 aliphatic carbocycles. The number of hydrogen-bond acceptors (Lipinski definition) is 10. The molecule has 0 radical (unpaired) electrons. The maximum absolute atomic E-state index is 11.2. The third-order valence-corrected chi connectivity index (χ3v) is 8.79. The van der Waals surface area contributed by atoms with E-state index in [0.717, 1.165) is 43.2 Å². The van der Waals surface area contributed by atoms with Crippen LogP contribution in [0.2, 0.25) is 0 Å². The first-order valence-electron chi connectivity index (χ1n) is 15.0. The number of anilines is 2. The molecule has 0 amide bonds. The Morgan fingerprint density at radius 1 is 1.02 bits per heavy atom. The summed E-state index contributed by atoms with van der Waals surface area (Å²) in [5, 5.41) is 43.8. The number of nitrogens with one attached hydrogen (secondary N) is 2. The summed E-state index contributed by atoms with van der Waals surface area (Å²) in [4.78, 5) is 14.4. The molecule has 224 valence electrons. The summed E-state index contributed by atoms with van der Waals surface area (Å²) >= 11 is 0. The Morgan fingerprint density at radius 2 is 1.79 bits per heavy atom. The molecule has 42 heavy (non-hydrogen) atoms. The van der Waals surface area contributed by atoms with Crippen molar-refractivity contribution in [3.8, 4) is 0 Å². The largest absolute Gasteiger partial charge is 0.394 e. The van der Waals surface area contributed by atoms with Crippen LogP contribution in [0.3, 0.4) is 0 Å². The lowest BCUT2D eigenvalue weighted by molar-refractivity contribution is 0.00721. The van der Waals surface area contributed by atoms with Gasteiger partial charge in [0.2, 0.25) is 5.95 Å². The van der Waals surface area contributed by atoms with E-state index in [4.69, 9.17) is 15.7 Å². The lowest BCUT2D eigenvalue weighted by atomic mass is 9.92. The van der Waals surface area contributed by atoms with E-state index in [2.05, 4.69) is 27.6 Å². The molecule has 0 spiro atoms. The summed E-state index contributed by atoms with van der Waals surface area (Å²) in [5.41, 5.74) is 9.38. The minimum Gasteiger partial charge on any atom is -0.394 e. The Bertz CT molecular complexity index is 1470. The van der Waals surface area contributed by atoms with Crippen LogP contribution in [0.5, 0.6) is 0 Å². The average molecular weight is 576 g/mol. The Morgan fingerprint density at radius 3 is 2.50 bits per heavy atom. The number of aryl methyl sites for hydroxylation is 1. The molecule has 0 saturated heterocycles. The molecule has 5 atom stereocenters. The van der Waals surface area contributed by atoms with Crippen molar-refractivity contribution in [3.05, 3.63) is 60.2 Å². The van der Waals surface area contributed by atoms with Crippen molar-refractivity contribution < 1.29 is 15.3 Å². The first-order chi connectivity index (χ1) is 20.4. The smallest absolute Gasteiger partial charge is 0.227 e. The number of aliphatic hydroxyl groups is 3. The lowest BCUT2D eigenvalue weighted by Crippen LogP contribution is -2.33. The molecule has 2 aliphatic rings. The van der Waals surface area contributed by atoms with Crippen LogP contribution in [-0.4, -0.2) is 81.6 Å². The predicted molar refractivity (Wildman–Crippen MR) is 160 cm³/mol. The Kier molecular flexibility index (Phi) is 8.38. The van der Waals surface area contributed by atoms with Crippen LogP contribution in [0.1, 0.15) is 62.2 Å². The summed E-state index contributed by atoms with van der Waals surface area (Å²) in [6, 6.07) is 9.26. The monoisotopic (exact) mass is 575 g/mol. The maximum Gasteiger partial charge on any atom is 0.227 e. The molecular formula is C30H41N9O3. The summed E-state index contributed by atoms with van der Waals surface area (Å²) in [6.07, 6.45) is 8.99. The van der Waals surface area contributed by atoms with Gasteiger partial charge >= 0.3 is 0 Å². The van der Waals surface area contributed by atoms with E-state index >= 15 is 0 Å². The van der Waals surface area contributed by atoms with Gasteiger partial charge in [-0.2, -0.15) is 15.1 Å².